The number of carbonyl (C=O) groups is 2. The van der Waals surface area contributed by atoms with Gasteiger partial charge in [-0.15, -0.1) is 0 Å². The molecular weight excluding hydrogens is 370 g/mol. The Kier molecular flexibility index (Phi) is 4.30. The molecule has 2 aliphatic carbocycles. The lowest BCUT2D eigenvalue weighted by Gasteiger charge is -2.44. The Bertz CT molecular complexity index is 1010. The molecule has 6 nitrogen and oxygen atoms in total. The van der Waals surface area contributed by atoms with Crippen LogP contribution in [0.3, 0.4) is 0 Å². The molecule has 0 amide bonds. The normalized spacial score (nSPS) is 25.3. The van der Waals surface area contributed by atoms with E-state index in [4.69, 9.17) is 4.74 Å². The molecule has 1 unspecified atom stereocenters. The van der Waals surface area contributed by atoms with Crippen LogP contribution in [-0.4, -0.2) is 16.5 Å². The highest BCUT2D eigenvalue weighted by molar-refractivity contribution is 6.08. The van der Waals surface area contributed by atoms with Crippen LogP contribution in [0.25, 0.3) is 0 Å². The summed E-state index contributed by atoms with van der Waals surface area (Å²) < 4.78 is 6.24. The molecule has 0 spiro atoms. The number of hydrogen-bond donors (Lipinski definition) is 0. The Hall–Kier alpha value is -2.76. The molecule has 1 aromatic carbocycles. The molecule has 0 saturated heterocycles. The highest BCUT2D eigenvalue weighted by Crippen LogP contribution is 2.55. The number of hydrogen-bond acceptors (Lipinski definition) is 5. The van der Waals surface area contributed by atoms with Gasteiger partial charge in [0, 0.05) is 46.4 Å². The highest BCUT2D eigenvalue weighted by atomic mass is 16.6. The second kappa shape index (κ2) is 6.37. The molecule has 1 atom stereocenters. The lowest BCUT2D eigenvalue weighted by Crippen LogP contribution is -2.40. The number of para-hydroxylation sites is 1. The Labute approximate surface area is 169 Å². The Morgan fingerprint density at radius 1 is 1.00 bits per heavy atom. The van der Waals surface area contributed by atoms with Gasteiger partial charge in [0.15, 0.2) is 11.6 Å². The second-order valence-corrected chi connectivity index (χ2v) is 9.45. The Morgan fingerprint density at radius 2 is 1.66 bits per heavy atom. The summed E-state index contributed by atoms with van der Waals surface area (Å²) in [5.41, 5.74) is 0.165. The van der Waals surface area contributed by atoms with Crippen LogP contribution in [0.2, 0.25) is 0 Å². The maximum Gasteiger partial charge on any atom is 0.273 e. The summed E-state index contributed by atoms with van der Waals surface area (Å²) in [5.74, 6) is 0.200. The maximum atomic E-state index is 13.4. The van der Waals surface area contributed by atoms with Crippen LogP contribution in [0, 0.1) is 20.9 Å². The fourth-order valence-electron chi connectivity index (χ4n) is 4.69. The van der Waals surface area contributed by atoms with E-state index in [2.05, 4.69) is 0 Å². The number of rotatable bonds is 2. The standard InChI is InChI=1S/C23H25NO5/c1-22(2)12-10-16-19(20(22)26)17(13-7-5-6-8-14(13)24(27)28)18-15(25)9-11-23(3,4)21(18)29-16/h5-8,17H,9-12H2,1-4H3. The number of nitrogens with zero attached hydrogens (tertiary/aromatic N) is 1. The average molecular weight is 395 g/mol. The molecule has 0 N–H and O–H groups in total. The van der Waals surface area contributed by atoms with Crippen molar-refractivity contribution in [1.82, 2.24) is 0 Å². The van der Waals surface area contributed by atoms with E-state index in [1.54, 1.807) is 18.2 Å². The van der Waals surface area contributed by atoms with E-state index >= 15 is 0 Å². The fraction of sp³-hybridized carbons (Fsp3) is 0.478. The zero-order valence-electron chi connectivity index (χ0n) is 17.2. The van der Waals surface area contributed by atoms with E-state index in [0.29, 0.717) is 53.9 Å². The Balaban J connectivity index is 2.03. The summed E-state index contributed by atoms with van der Waals surface area (Å²) in [6.45, 7) is 7.80. The van der Waals surface area contributed by atoms with Crippen LogP contribution in [0.5, 0.6) is 0 Å². The van der Waals surface area contributed by atoms with Crippen molar-refractivity contribution >= 4 is 17.3 Å². The summed E-state index contributed by atoms with van der Waals surface area (Å²) in [6.07, 6.45) is 2.21. The zero-order chi connectivity index (χ0) is 21.1. The van der Waals surface area contributed by atoms with E-state index in [9.17, 15) is 19.7 Å². The summed E-state index contributed by atoms with van der Waals surface area (Å²) >= 11 is 0. The van der Waals surface area contributed by atoms with Gasteiger partial charge in [-0.3, -0.25) is 19.7 Å². The Morgan fingerprint density at radius 3 is 2.34 bits per heavy atom. The van der Waals surface area contributed by atoms with Crippen LogP contribution in [0.4, 0.5) is 5.69 Å². The summed E-state index contributed by atoms with van der Waals surface area (Å²) in [5, 5.41) is 11.8. The molecule has 0 radical (unpaired) electrons. The SMILES string of the molecule is CC1(C)CCC2=C(C1=O)C(c1ccccc1[N+](=O)[O-])C1=C(O2)C(C)(C)CCC1=O. The minimum Gasteiger partial charge on any atom is -0.465 e. The first-order valence-corrected chi connectivity index (χ1v) is 10.0. The van der Waals surface area contributed by atoms with Gasteiger partial charge in [-0.05, 0) is 12.8 Å². The number of benzene rings is 1. The van der Waals surface area contributed by atoms with Crippen molar-refractivity contribution in [2.75, 3.05) is 0 Å². The van der Waals surface area contributed by atoms with E-state index < -0.39 is 16.3 Å². The van der Waals surface area contributed by atoms with Gasteiger partial charge in [-0.1, -0.05) is 45.9 Å². The van der Waals surface area contributed by atoms with E-state index in [-0.39, 0.29) is 22.7 Å². The van der Waals surface area contributed by atoms with Gasteiger partial charge in [0.25, 0.3) is 5.69 Å². The summed E-state index contributed by atoms with van der Waals surface area (Å²) in [7, 11) is 0. The van der Waals surface area contributed by atoms with Crippen LogP contribution < -0.4 is 0 Å². The topological polar surface area (TPSA) is 86.5 Å². The van der Waals surface area contributed by atoms with Gasteiger partial charge in [-0.2, -0.15) is 0 Å². The molecule has 4 rings (SSSR count). The molecule has 0 saturated carbocycles. The number of ketones is 2. The van der Waals surface area contributed by atoms with Crippen LogP contribution >= 0.6 is 0 Å². The molecule has 6 heteroatoms. The van der Waals surface area contributed by atoms with E-state index in [1.165, 1.54) is 6.07 Å². The van der Waals surface area contributed by atoms with Gasteiger partial charge >= 0.3 is 0 Å². The van der Waals surface area contributed by atoms with E-state index in [1.807, 2.05) is 27.7 Å². The van der Waals surface area contributed by atoms with E-state index in [0.717, 1.165) is 0 Å². The second-order valence-electron chi connectivity index (χ2n) is 9.45. The summed E-state index contributed by atoms with van der Waals surface area (Å²) in [6, 6.07) is 6.41. The first-order chi connectivity index (χ1) is 13.5. The molecule has 29 heavy (non-hydrogen) atoms. The van der Waals surface area contributed by atoms with Gasteiger partial charge < -0.3 is 4.74 Å². The van der Waals surface area contributed by atoms with Gasteiger partial charge in [0.05, 0.1) is 10.8 Å². The molecule has 1 heterocycles. The first-order valence-electron chi connectivity index (χ1n) is 10.0. The van der Waals surface area contributed by atoms with Gasteiger partial charge in [0.2, 0.25) is 0 Å². The van der Waals surface area contributed by atoms with Crippen molar-refractivity contribution in [2.24, 2.45) is 10.8 Å². The molecule has 0 bridgehead atoms. The molecule has 1 aliphatic heterocycles. The van der Waals surface area contributed by atoms with Crippen molar-refractivity contribution < 1.29 is 19.2 Å². The van der Waals surface area contributed by atoms with Crippen LogP contribution in [0.15, 0.2) is 46.9 Å². The number of ether oxygens (including phenoxy) is 1. The predicted molar refractivity (Wildman–Crippen MR) is 107 cm³/mol. The zero-order valence-corrected chi connectivity index (χ0v) is 17.2. The smallest absolute Gasteiger partial charge is 0.273 e. The maximum absolute atomic E-state index is 13.4. The minimum atomic E-state index is -0.755. The molecule has 1 aromatic rings. The molecule has 3 aliphatic rings. The van der Waals surface area contributed by atoms with Gasteiger partial charge in [-0.25, -0.2) is 0 Å². The van der Waals surface area contributed by atoms with Crippen molar-refractivity contribution in [3.63, 3.8) is 0 Å². The highest BCUT2D eigenvalue weighted by Gasteiger charge is 2.51. The molecular formula is C23H25NO5. The minimum absolute atomic E-state index is 0.0783. The predicted octanol–water partition coefficient (Wildman–Crippen LogP) is 5.00. The lowest BCUT2D eigenvalue weighted by molar-refractivity contribution is -0.385. The van der Waals surface area contributed by atoms with Crippen molar-refractivity contribution in [1.29, 1.82) is 0 Å². The molecule has 0 fully saturated rings. The number of nitro groups is 1. The van der Waals surface area contributed by atoms with Crippen LogP contribution in [-0.2, 0) is 14.3 Å². The molecule has 152 valence electrons. The largest absolute Gasteiger partial charge is 0.465 e. The van der Waals surface area contributed by atoms with Crippen LogP contribution in [0.1, 0.15) is 64.9 Å². The fourth-order valence-corrected chi connectivity index (χ4v) is 4.69. The third kappa shape index (κ3) is 2.93. The quantitative estimate of drug-likeness (QED) is 0.520. The third-order valence-electron chi connectivity index (χ3n) is 6.52. The van der Waals surface area contributed by atoms with Crippen molar-refractivity contribution in [3.8, 4) is 0 Å². The number of allylic oxidation sites excluding steroid dienone is 4. The lowest BCUT2D eigenvalue weighted by atomic mass is 9.64. The van der Waals surface area contributed by atoms with Crippen molar-refractivity contribution in [2.45, 2.75) is 59.3 Å². The molecule has 0 aromatic heterocycles. The van der Waals surface area contributed by atoms with Gasteiger partial charge in [0.1, 0.15) is 11.5 Å². The first kappa shape index (κ1) is 19.6. The third-order valence-corrected chi connectivity index (χ3v) is 6.52. The number of carbonyl (C=O) groups excluding carboxylic acids is 2. The monoisotopic (exact) mass is 395 g/mol. The number of Topliss-reactive ketones (excluding diaryl/α,β-unsaturated/α-hetero) is 2. The van der Waals surface area contributed by atoms with Crippen molar-refractivity contribution in [3.05, 3.63) is 62.6 Å². The number of nitro benzene ring substituents is 1. The summed E-state index contributed by atoms with van der Waals surface area (Å²) in [4.78, 5) is 37.9. The average Bonchev–Trinajstić information content (AvgIpc) is 2.67.